The van der Waals surface area contributed by atoms with E-state index in [1.54, 1.807) is 0 Å². The van der Waals surface area contributed by atoms with E-state index in [0.29, 0.717) is 30.1 Å². The second-order valence-corrected chi connectivity index (χ2v) is 7.86. The zero-order chi connectivity index (χ0) is 16.8. The molecule has 3 atom stereocenters. The van der Waals surface area contributed by atoms with Gasteiger partial charge in [0, 0.05) is 35.8 Å². The van der Waals surface area contributed by atoms with Gasteiger partial charge in [-0.25, -0.2) is 4.79 Å². The van der Waals surface area contributed by atoms with Gasteiger partial charge in [0.2, 0.25) is 5.91 Å². The Morgan fingerprint density at radius 2 is 2.13 bits per heavy atom. The van der Waals surface area contributed by atoms with Crippen LogP contribution in [0.25, 0.3) is 0 Å². The fourth-order valence-corrected chi connectivity index (χ4v) is 4.61. The number of hydrogen-bond donors (Lipinski definition) is 1. The molecule has 2 heterocycles. The Hall–Kier alpha value is -1.24. The van der Waals surface area contributed by atoms with Crippen LogP contribution in [0.4, 0.5) is 4.79 Å². The highest BCUT2D eigenvalue weighted by molar-refractivity contribution is 8.00. The summed E-state index contributed by atoms with van der Waals surface area (Å²) in [5.41, 5.74) is 0. The number of ether oxygens (including phenoxy) is 2. The van der Waals surface area contributed by atoms with E-state index >= 15 is 0 Å². The fourth-order valence-electron chi connectivity index (χ4n) is 2.96. The molecular formula is C16H25NO5S. The van der Waals surface area contributed by atoms with Gasteiger partial charge in [0.25, 0.3) is 0 Å². The molecule has 0 bridgehead atoms. The molecule has 1 amide bonds. The van der Waals surface area contributed by atoms with Gasteiger partial charge in [-0.1, -0.05) is 20.3 Å². The molecule has 0 saturated carbocycles. The van der Waals surface area contributed by atoms with Crippen molar-refractivity contribution < 1.29 is 23.9 Å². The Morgan fingerprint density at radius 3 is 2.87 bits per heavy atom. The van der Waals surface area contributed by atoms with Crippen LogP contribution in [0.1, 0.15) is 46.0 Å². The molecule has 0 aliphatic carbocycles. The summed E-state index contributed by atoms with van der Waals surface area (Å²) in [6, 6.07) is 0.332. The lowest BCUT2D eigenvalue weighted by Crippen LogP contribution is -2.29. The third kappa shape index (κ3) is 5.71. The maximum Gasteiger partial charge on any atom is 0.516 e. The van der Waals surface area contributed by atoms with Gasteiger partial charge in [-0.3, -0.25) is 9.59 Å². The number of amides is 1. The fraction of sp³-hybridized carbons (Fsp3) is 0.812. The summed E-state index contributed by atoms with van der Waals surface area (Å²) in [5, 5.41) is 3.50. The van der Waals surface area contributed by atoms with E-state index in [-0.39, 0.29) is 24.9 Å². The van der Waals surface area contributed by atoms with Crippen molar-refractivity contribution in [2.45, 2.75) is 57.2 Å². The summed E-state index contributed by atoms with van der Waals surface area (Å²) in [6.45, 7) is 4.07. The van der Waals surface area contributed by atoms with Crippen LogP contribution >= 0.6 is 11.8 Å². The van der Waals surface area contributed by atoms with E-state index in [2.05, 4.69) is 10.1 Å². The number of unbranched alkanes of at least 4 members (excludes halogenated alkanes) is 1. The first-order valence-electron chi connectivity index (χ1n) is 8.24. The molecule has 1 N–H and O–H groups in total. The number of esters is 1. The van der Waals surface area contributed by atoms with Crippen LogP contribution in [0.2, 0.25) is 0 Å². The first kappa shape index (κ1) is 18.1. The van der Waals surface area contributed by atoms with Crippen molar-refractivity contribution in [2.75, 3.05) is 12.4 Å². The molecule has 0 unspecified atom stereocenters. The molecule has 0 aromatic carbocycles. The first-order chi connectivity index (χ1) is 11.0. The highest BCUT2D eigenvalue weighted by Crippen LogP contribution is 2.40. The zero-order valence-electron chi connectivity index (χ0n) is 13.7. The summed E-state index contributed by atoms with van der Waals surface area (Å²) in [6.07, 6.45) is 2.52. The number of fused-ring (bicyclic) bond motifs is 1. The Morgan fingerprint density at radius 1 is 1.35 bits per heavy atom. The predicted octanol–water partition coefficient (Wildman–Crippen LogP) is 2.50. The Balaban J connectivity index is 1.56. The number of carbonyl (C=O) groups excluding carboxylic acids is 3. The molecule has 2 fully saturated rings. The van der Waals surface area contributed by atoms with Crippen molar-refractivity contribution in [1.29, 1.82) is 0 Å². The van der Waals surface area contributed by atoms with E-state index in [0.717, 1.165) is 18.6 Å². The normalized spacial score (nSPS) is 26.0. The molecule has 6 nitrogen and oxygen atoms in total. The summed E-state index contributed by atoms with van der Waals surface area (Å²) < 4.78 is 9.39. The SMILES string of the molecule is CC(C)COC(=O)OC(=O)CCCC[C@@H]1SC[C@@H]2NC(=O)C[C@@H]21. The molecule has 23 heavy (non-hydrogen) atoms. The number of rotatable bonds is 7. The van der Waals surface area contributed by atoms with Crippen LogP contribution in [-0.2, 0) is 19.1 Å². The van der Waals surface area contributed by atoms with E-state index < -0.39 is 12.1 Å². The van der Waals surface area contributed by atoms with Crippen LogP contribution in [0, 0.1) is 11.8 Å². The van der Waals surface area contributed by atoms with Crippen LogP contribution in [0.3, 0.4) is 0 Å². The van der Waals surface area contributed by atoms with Crippen molar-refractivity contribution in [3.8, 4) is 0 Å². The summed E-state index contributed by atoms with van der Waals surface area (Å²) in [7, 11) is 0. The number of nitrogens with one attached hydrogen (secondary N) is 1. The van der Waals surface area contributed by atoms with Crippen molar-refractivity contribution in [3.63, 3.8) is 0 Å². The van der Waals surface area contributed by atoms with Crippen molar-refractivity contribution in [1.82, 2.24) is 5.32 Å². The topological polar surface area (TPSA) is 81.7 Å². The van der Waals surface area contributed by atoms with Crippen LogP contribution in [0.5, 0.6) is 0 Å². The molecular weight excluding hydrogens is 318 g/mol. The molecule has 130 valence electrons. The summed E-state index contributed by atoms with van der Waals surface area (Å²) >= 11 is 1.91. The highest BCUT2D eigenvalue weighted by atomic mass is 32.2. The van der Waals surface area contributed by atoms with E-state index in [1.165, 1.54) is 0 Å². The summed E-state index contributed by atoms with van der Waals surface area (Å²) in [5.74, 6) is 1.26. The molecule has 2 saturated heterocycles. The van der Waals surface area contributed by atoms with Gasteiger partial charge in [0.1, 0.15) is 0 Å². The van der Waals surface area contributed by atoms with Crippen LogP contribution in [0.15, 0.2) is 0 Å². The van der Waals surface area contributed by atoms with Gasteiger partial charge in [-0.15, -0.1) is 0 Å². The van der Waals surface area contributed by atoms with Gasteiger partial charge in [-0.05, 0) is 18.8 Å². The van der Waals surface area contributed by atoms with Gasteiger partial charge < -0.3 is 14.8 Å². The van der Waals surface area contributed by atoms with E-state index in [9.17, 15) is 14.4 Å². The minimum atomic E-state index is -0.909. The number of carbonyl (C=O) groups is 3. The molecule has 2 aliphatic heterocycles. The average Bonchev–Trinajstić information content (AvgIpc) is 3.01. The van der Waals surface area contributed by atoms with Crippen molar-refractivity contribution >= 4 is 29.8 Å². The van der Waals surface area contributed by atoms with Crippen molar-refractivity contribution in [3.05, 3.63) is 0 Å². The van der Waals surface area contributed by atoms with Gasteiger partial charge in [0.15, 0.2) is 0 Å². The third-order valence-electron chi connectivity index (χ3n) is 4.10. The lowest BCUT2D eigenvalue weighted by atomic mass is 9.94. The third-order valence-corrected chi connectivity index (χ3v) is 5.67. The maximum atomic E-state index is 11.5. The van der Waals surface area contributed by atoms with E-state index in [4.69, 9.17) is 4.74 Å². The van der Waals surface area contributed by atoms with Crippen molar-refractivity contribution in [2.24, 2.45) is 11.8 Å². The van der Waals surface area contributed by atoms with Gasteiger partial charge in [0.05, 0.1) is 6.61 Å². The van der Waals surface area contributed by atoms with Crippen LogP contribution in [-0.4, -0.2) is 41.7 Å². The maximum absolute atomic E-state index is 11.5. The Labute approximate surface area is 141 Å². The smallest absolute Gasteiger partial charge is 0.434 e. The minimum Gasteiger partial charge on any atom is -0.434 e. The average molecular weight is 343 g/mol. The first-order valence-corrected chi connectivity index (χ1v) is 9.29. The quantitative estimate of drug-likeness (QED) is 0.434. The molecule has 0 radical (unpaired) electrons. The lowest BCUT2D eigenvalue weighted by molar-refractivity contribution is -0.140. The zero-order valence-corrected chi connectivity index (χ0v) is 14.5. The summed E-state index contributed by atoms with van der Waals surface area (Å²) in [4.78, 5) is 34.2. The predicted molar refractivity (Wildman–Crippen MR) is 87.0 cm³/mol. The highest BCUT2D eigenvalue weighted by Gasteiger charge is 2.42. The monoisotopic (exact) mass is 343 g/mol. The Bertz CT molecular complexity index is 454. The largest absolute Gasteiger partial charge is 0.516 e. The molecule has 0 aromatic rings. The Kier molecular flexibility index (Phi) is 6.74. The standard InChI is InChI=1S/C16H25NO5S/c1-10(2)8-21-16(20)22-15(19)6-4-3-5-13-11-7-14(18)17-12(11)9-23-13/h10-13H,3-9H2,1-2H3,(H,17,18)/t11-,12-,13-/m0/s1. The molecule has 0 spiro atoms. The molecule has 7 heteroatoms. The number of hydrogen-bond acceptors (Lipinski definition) is 6. The lowest BCUT2D eigenvalue weighted by Gasteiger charge is -2.15. The molecule has 2 aliphatic rings. The molecule has 0 aromatic heterocycles. The second kappa shape index (κ2) is 8.57. The minimum absolute atomic E-state index is 0.161. The second-order valence-electron chi connectivity index (χ2n) is 6.59. The van der Waals surface area contributed by atoms with Gasteiger partial charge in [-0.2, -0.15) is 11.8 Å². The molecule has 2 rings (SSSR count). The van der Waals surface area contributed by atoms with E-state index in [1.807, 2.05) is 25.6 Å². The number of thioether (sulfide) groups is 1. The van der Waals surface area contributed by atoms with Crippen LogP contribution < -0.4 is 5.32 Å². The van der Waals surface area contributed by atoms with Gasteiger partial charge >= 0.3 is 12.1 Å².